The zero-order valence-corrected chi connectivity index (χ0v) is 12.6. The minimum absolute atomic E-state index is 0.0506. The van der Waals surface area contributed by atoms with Crippen LogP contribution in [0.1, 0.15) is 17.7 Å². The molecule has 2 aromatic rings. The van der Waals surface area contributed by atoms with E-state index < -0.39 is 0 Å². The summed E-state index contributed by atoms with van der Waals surface area (Å²) < 4.78 is 5.73. The quantitative estimate of drug-likeness (QED) is 0.870. The Bertz CT molecular complexity index is 645. The van der Waals surface area contributed by atoms with Gasteiger partial charge in [0.2, 0.25) is 5.91 Å². The number of ether oxygens (including phenoxy) is 1. The van der Waals surface area contributed by atoms with E-state index >= 15 is 0 Å². The summed E-state index contributed by atoms with van der Waals surface area (Å²) >= 11 is 0. The summed E-state index contributed by atoms with van der Waals surface area (Å²) in [5.41, 5.74) is 1.90. The molecule has 0 unspecified atom stereocenters. The van der Waals surface area contributed by atoms with E-state index in [1.165, 1.54) is 0 Å². The number of para-hydroxylation sites is 1. The first-order valence-electron chi connectivity index (χ1n) is 7.44. The molecule has 0 bridgehead atoms. The Morgan fingerprint density at radius 1 is 1.36 bits per heavy atom. The topological polar surface area (TPSA) is 55.3 Å². The predicted octanol–water partition coefficient (Wildman–Crippen LogP) is 2.08. The van der Waals surface area contributed by atoms with Crippen LogP contribution < -0.4 is 4.74 Å². The molecule has 1 aromatic carbocycles. The molecule has 0 fully saturated rings. The highest BCUT2D eigenvalue weighted by molar-refractivity contribution is 5.79. The van der Waals surface area contributed by atoms with E-state index in [9.17, 15) is 4.79 Å². The van der Waals surface area contributed by atoms with Gasteiger partial charge in [-0.1, -0.05) is 18.2 Å². The maximum Gasteiger partial charge on any atom is 0.226 e. The van der Waals surface area contributed by atoms with Crippen molar-refractivity contribution in [1.82, 2.24) is 14.9 Å². The van der Waals surface area contributed by atoms with Gasteiger partial charge in [-0.15, -0.1) is 0 Å². The summed E-state index contributed by atoms with van der Waals surface area (Å²) in [4.78, 5) is 22.7. The maximum atomic E-state index is 12.7. The lowest BCUT2D eigenvalue weighted by Gasteiger charge is -2.22. The van der Waals surface area contributed by atoms with Crippen LogP contribution in [0.5, 0.6) is 5.75 Å². The highest BCUT2D eigenvalue weighted by Gasteiger charge is 2.26. The van der Waals surface area contributed by atoms with Gasteiger partial charge in [0.1, 0.15) is 5.75 Å². The molecule has 0 aliphatic carbocycles. The molecule has 1 aromatic heterocycles. The van der Waals surface area contributed by atoms with Gasteiger partial charge in [0.05, 0.1) is 25.0 Å². The largest absolute Gasteiger partial charge is 0.493 e. The number of aromatic nitrogens is 2. The third-order valence-corrected chi connectivity index (χ3v) is 3.90. The number of hydrogen-bond donors (Lipinski definition) is 0. The van der Waals surface area contributed by atoms with Crippen molar-refractivity contribution < 1.29 is 9.53 Å². The Kier molecular flexibility index (Phi) is 4.32. The molecule has 2 heterocycles. The van der Waals surface area contributed by atoms with E-state index in [0.717, 1.165) is 29.8 Å². The van der Waals surface area contributed by atoms with E-state index in [1.54, 1.807) is 23.5 Å². The number of nitrogens with zero attached hydrogens (tertiary/aromatic N) is 3. The molecule has 3 rings (SSSR count). The predicted molar refractivity (Wildman–Crippen MR) is 82.3 cm³/mol. The van der Waals surface area contributed by atoms with Gasteiger partial charge in [-0.05, 0) is 24.5 Å². The highest BCUT2D eigenvalue weighted by Crippen LogP contribution is 2.27. The van der Waals surface area contributed by atoms with Crippen LogP contribution >= 0.6 is 0 Å². The molecule has 114 valence electrons. The molecule has 1 amide bonds. The SMILES string of the molecule is CN(Cc1cnccn1)C(=O)[C@H]1CCOc2ccccc2C1. The fourth-order valence-corrected chi connectivity index (χ4v) is 2.75. The standard InChI is InChI=1S/C17H19N3O2/c1-20(12-15-11-18-7-8-19-15)17(21)14-6-9-22-16-5-3-2-4-13(16)10-14/h2-5,7-8,11,14H,6,9-10,12H2,1H3/t14-/m0/s1. The van der Waals surface area contributed by atoms with E-state index in [0.29, 0.717) is 13.2 Å². The van der Waals surface area contributed by atoms with Crippen molar-refractivity contribution in [3.63, 3.8) is 0 Å². The van der Waals surface area contributed by atoms with Crippen LogP contribution in [-0.4, -0.2) is 34.4 Å². The van der Waals surface area contributed by atoms with Crippen LogP contribution in [-0.2, 0) is 17.8 Å². The number of hydrogen-bond acceptors (Lipinski definition) is 4. The molecule has 0 saturated carbocycles. The van der Waals surface area contributed by atoms with E-state index in [2.05, 4.69) is 9.97 Å². The van der Waals surface area contributed by atoms with Crippen LogP contribution in [0.3, 0.4) is 0 Å². The van der Waals surface area contributed by atoms with Gasteiger partial charge in [0, 0.05) is 25.4 Å². The molecule has 0 radical (unpaired) electrons. The van der Waals surface area contributed by atoms with Crippen molar-refractivity contribution >= 4 is 5.91 Å². The van der Waals surface area contributed by atoms with E-state index in [1.807, 2.05) is 31.3 Å². The highest BCUT2D eigenvalue weighted by atomic mass is 16.5. The third-order valence-electron chi connectivity index (χ3n) is 3.90. The Labute approximate surface area is 130 Å². The number of benzene rings is 1. The summed E-state index contributed by atoms with van der Waals surface area (Å²) in [5, 5.41) is 0. The van der Waals surface area contributed by atoms with Gasteiger partial charge in [0.25, 0.3) is 0 Å². The monoisotopic (exact) mass is 297 g/mol. The number of carbonyl (C=O) groups excluding carboxylic acids is 1. The zero-order chi connectivity index (χ0) is 15.4. The molecule has 1 atom stereocenters. The molecular formula is C17H19N3O2. The van der Waals surface area contributed by atoms with E-state index in [-0.39, 0.29) is 11.8 Å². The minimum atomic E-state index is -0.0506. The average Bonchev–Trinajstić information content (AvgIpc) is 2.77. The smallest absolute Gasteiger partial charge is 0.226 e. The molecule has 0 spiro atoms. The molecule has 5 nitrogen and oxygen atoms in total. The molecule has 0 N–H and O–H groups in total. The van der Waals surface area contributed by atoms with Crippen molar-refractivity contribution in [2.75, 3.05) is 13.7 Å². The van der Waals surface area contributed by atoms with Crippen LogP contribution in [0.25, 0.3) is 0 Å². The maximum absolute atomic E-state index is 12.7. The Morgan fingerprint density at radius 2 is 2.23 bits per heavy atom. The second-order valence-electron chi connectivity index (χ2n) is 5.54. The zero-order valence-electron chi connectivity index (χ0n) is 12.6. The minimum Gasteiger partial charge on any atom is -0.493 e. The summed E-state index contributed by atoms with van der Waals surface area (Å²) in [6.07, 6.45) is 6.42. The third kappa shape index (κ3) is 3.24. The van der Waals surface area contributed by atoms with Gasteiger partial charge >= 0.3 is 0 Å². The van der Waals surface area contributed by atoms with Crippen molar-refractivity contribution in [2.45, 2.75) is 19.4 Å². The second kappa shape index (κ2) is 6.56. The lowest BCUT2D eigenvalue weighted by atomic mass is 9.95. The lowest BCUT2D eigenvalue weighted by molar-refractivity contribution is -0.135. The van der Waals surface area contributed by atoms with Gasteiger partial charge < -0.3 is 9.64 Å². The fraction of sp³-hybridized carbons (Fsp3) is 0.353. The van der Waals surface area contributed by atoms with Crippen molar-refractivity contribution in [2.24, 2.45) is 5.92 Å². The molecule has 22 heavy (non-hydrogen) atoms. The van der Waals surface area contributed by atoms with Crippen molar-refractivity contribution in [3.05, 3.63) is 54.1 Å². The first-order valence-corrected chi connectivity index (χ1v) is 7.44. The Balaban J connectivity index is 1.69. The van der Waals surface area contributed by atoms with Gasteiger partial charge in [-0.3, -0.25) is 14.8 Å². The van der Waals surface area contributed by atoms with Crippen LogP contribution in [0.4, 0.5) is 0 Å². The number of amides is 1. The number of carbonyl (C=O) groups is 1. The van der Waals surface area contributed by atoms with Crippen LogP contribution in [0.15, 0.2) is 42.9 Å². The first kappa shape index (κ1) is 14.5. The average molecular weight is 297 g/mol. The molecular weight excluding hydrogens is 278 g/mol. The molecule has 1 aliphatic rings. The first-order chi connectivity index (χ1) is 10.7. The van der Waals surface area contributed by atoms with Crippen molar-refractivity contribution in [3.8, 4) is 5.75 Å². The molecule has 5 heteroatoms. The van der Waals surface area contributed by atoms with Gasteiger partial charge in [-0.25, -0.2) is 0 Å². The number of rotatable bonds is 3. The van der Waals surface area contributed by atoms with Crippen molar-refractivity contribution in [1.29, 1.82) is 0 Å². The summed E-state index contributed by atoms with van der Waals surface area (Å²) in [7, 11) is 1.81. The van der Waals surface area contributed by atoms with Gasteiger partial charge in [0.15, 0.2) is 0 Å². The number of fused-ring (bicyclic) bond motifs is 1. The second-order valence-corrected chi connectivity index (χ2v) is 5.54. The normalized spacial score (nSPS) is 17.0. The fourth-order valence-electron chi connectivity index (χ4n) is 2.75. The summed E-state index contributed by atoms with van der Waals surface area (Å²) in [6, 6.07) is 7.94. The van der Waals surface area contributed by atoms with Gasteiger partial charge in [-0.2, -0.15) is 0 Å². The molecule has 0 saturated heterocycles. The summed E-state index contributed by atoms with van der Waals surface area (Å²) in [5.74, 6) is 0.977. The summed E-state index contributed by atoms with van der Waals surface area (Å²) in [6.45, 7) is 1.05. The Morgan fingerprint density at radius 3 is 3.05 bits per heavy atom. The van der Waals surface area contributed by atoms with Crippen LogP contribution in [0, 0.1) is 5.92 Å². The lowest BCUT2D eigenvalue weighted by Crippen LogP contribution is -2.34. The molecule has 1 aliphatic heterocycles. The van der Waals surface area contributed by atoms with Crippen LogP contribution in [0.2, 0.25) is 0 Å². The Hall–Kier alpha value is -2.43. The van der Waals surface area contributed by atoms with E-state index in [4.69, 9.17) is 4.74 Å².